The van der Waals surface area contributed by atoms with Gasteiger partial charge in [-0.2, -0.15) is 9.97 Å². The van der Waals surface area contributed by atoms with E-state index in [1.807, 2.05) is 0 Å². The van der Waals surface area contributed by atoms with Crippen LogP contribution in [0.4, 0.5) is 5.82 Å². The van der Waals surface area contributed by atoms with Crippen LogP contribution in [-0.4, -0.2) is 31.9 Å². The molecule has 2 aromatic heterocycles. The lowest BCUT2D eigenvalue weighted by atomic mass is 10.4. The van der Waals surface area contributed by atoms with Crippen LogP contribution in [0.3, 0.4) is 0 Å². The van der Waals surface area contributed by atoms with Gasteiger partial charge in [0.1, 0.15) is 0 Å². The first-order chi connectivity index (χ1) is 8.15. The molecule has 1 N–H and O–H groups in total. The fourth-order valence-corrected chi connectivity index (χ4v) is 1.41. The minimum Gasteiger partial charge on any atom is -0.367 e. The summed E-state index contributed by atoms with van der Waals surface area (Å²) in [6.45, 7) is 2.27. The highest BCUT2D eigenvalue weighted by Gasteiger charge is 2.06. The topological polar surface area (TPSA) is 89.6 Å². The second kappa shape index (κ2) is 5.24. The van der Waals surface area contributed by atoms with Crippen molar-refractivity contribution in [1.29, 1.82) is 0 Å². The van der Waals surface area contributed by atoms with Crippen LogP contribution in [0, 0.1) is 6.92 Å². The van der Waals surface area contributed by atoms with Crippen LogP contribution in [0.2, 0.25) is 10.4 Å². The minimum atomic E-state index is 0.0345. The van der Waals surface area contributed by atoms with Crippen LogP contribution in [0.25, 0.3) is 0 Å². The highest BCUT2D eigenvalue weighted by molar-refractivity contribution is 6.32. The van der Waals surface area contributed by atoms with E-state index in [9.17, 15) is 0 Å². The van der Waals surface area contributed by atoms with Crippen LogP contribution in [-0.2, 0) is 6.42 Å². The molecule has 0 saturated heterocycles. The largest absolute Gasteiger partial charge is 0.367 e. The second-order valence-electron chi connectivity index (χ2n) is 3.13. The zero-order valence-electron chi connectivity index (χ0n) is 8.81. The Kier molecular flexibility index (Phi) is 3.70. The lowest BCUT2D eigenvalue weighted by Crippen LogP contribution is -2.09. The molecular weight excluding hydrogens is 267 g/mol. The number of hydrogen-bond acceptors (Lipinski definition) is 7. The van der Waals surface area contributed by atoms with Gasteiger partial charge in [-0.05, 0) is 11.6 Å². The summed E-state index contributed by atoms with van der Waals surface area (Å²) in [5, 5.41) is 14.0. The summed E-state index contributed by atoms with van der Waals surface area (Å²) < 4.78 is 4.84. The number of aromatic nitrogens is 5. The van der Waals surface area contributed by atoms with E-state index in [0.717, 1.165) is 0 Å². The van der Waals surface area contributed by atoms with Crippen molar-refractivity contribution in [3.8, 4) is 0 Å². The van der Waals surface area contributed by atoms with Crippen molar-refractivity contribution in [2.75, 3.05) is 11.9 Å². The van der Waals surface area contributed by atoms with E-state index < -0.39 is 0 Å². The Morgan fingerprint density at radius 3 is 2.76 bits per heavy atom. The summed E-state index contributed by atoms with van der Waals surface area (Å²) in [5.74, 6) is 1.52. The smallest absolute Gasteiger partial charge is 0.245 e. The third-order valence-electron chi connectivity index (χ3n) is 1.83. The maximum Gasteiger partial charge on any atom is 0.245 e. The predicted molar refractivity (Wildman–Crippen MR) is 61.1 cm³/mol. The van der Waals surface area contributed by atoms with Crippen molar-refractivity contribution >= 4 is 29.0 Å². The minimum absolute atomic E-state index is 0.0345. The quantitative estimate of drug-likeness (QED) is 0.904. The molecule has 17 heavy (non-hydrogen) atoms. The normalized spacial score (nSPS) is 10.5. The van der Waals surface area contributed by atoms with Gasteiger partial charge < -0.3 is 9.84 Å². The molecule has 2 rings (SSSR count). The van der Waals surface area contributed by atoms with Gasteiger partial charge in [0.15, 0.2) is 16.8 Å². The Balaban J connectivity index is 1.91. The summed E-state index contributed by atoms with van der Waals surface area (Å²) in [4.78, 5) is 7.95. The molecule has 0 atom stereocenters. The van der Waals surface area contributed by atoms with Crippen molar-refractivity contribution in [3.63, 3.8) is 0 Å². The zero-order valence-corrected chi connectivity index (χ0v) is 10.3. The Morgan fingerprint density at radius 2 is 2.06 bits per heavy atom. The number of anilines is 1. The third-order valence-corrected chi connectivity index (χ3v) is 2.25. The van der Waals surface area contributed by atoms with Gasteiger partial charge in [0, 0.05) is 19.9 Å². The van der Waals surface area contributed by atoms with E-state index in [2.05, 4.69) is 30.6 Å². The molecule has 0 aliphatic rings. The SMILES string of the molecule is Cc1nc(CCNc2nc(Cl)nnc2Cl)no1. The van der Waals surface area contributed by atoms with E-state index >= 15 is 0 Å². The van der Waals surface area contributed by atoms with Crippen LogP contribution in [0.15, 0.2) is 4.52 Å². The molecular formula is C8H8Cl2N6O. The molecule has 9 heteroatoms. The highest BCUT2D eigenvalue weighted by atomic mass is 35.5. The van der Waals surface area contributed by atoms with Gasteiger partial charge in [0.2, 0.25) is 11.2 Å². The van der Waals surface area contributed by atoms with Crippen LogP contribution < -0.4 is 5.32 Å². The summed E-state index contributed by atoms with van der Waals surface area (Å²) >= 11 is 11.4. The molecule has 0 spiro atoms. The van der Waals surface area contributed by atoms with Crippen molar-refractivity contribution in [2.45, 2.75) is 13.3 Å². The summed E-state index contributed by atoms with van der Waals surface area (Å²) in [6.07, 6.45) is 0.579. The maximum atomic E-state index is 5.78. The van der Waals surface area contributed by atoms with Crippen LogP contribution >= 0.6 is 23.2 Å². The molecule has 0 aliphatic heterocycles. The Labute approximate surface area is 107 Å². The zero-order chi connectivity index (χ0) is 12.3. The first-order valence-corrected chi connectivity index (χ1v) is 5.49. The Hall–Kier alpha value is -1.47. The van der Waals surface area contributed by atoms with Gasteiger partial charge >= 0.3 is 0 Å². The van der Waals surface area contributed by atoms with Gasteiger partial charge in [-0.1, -0.05) is 16.8 Å². The van der Waals surface area contributed by atoms with Crippen LogP contribution in [0.1, 0.15) is 11.7 Å². The molecule has 2 heterocycles. The van der Waals surface area contributed by atoms with Gasteiger partial charge in [-0.25, -0.2) is 0 Å². The average molecular weight is 275 g/mol. The van der Waals surface area contributed by atoms with E-state index in [4.69, 9.17) is 27.7 Å². The number of aryl methyl sites for hydroxylation is 1. The number of hydrogen-bond donors (Lipinski definition) is 1. The van der Waals surface area contributed by atoms with Crippen molar-refractivity contribution in [2.24, 2.45) is 0 Å². The fourth-order valence-electron chi connectivity index (χ4n) is 1.14. The number of halogens is 2. The molecule has 0 radical (unpaired) electrons. The van der Waals surface area contributed by atoms with E-state index in [1.165, 1.54) is 0 Å². The molecule has 0 saturated carbocycles. The van der Waals surface area contributed by atoms with E-state index in [1.54, 1.807) is 6.92 Å². The van der Waals surface area contributed by atoms with Crippen molar-refractivity contribution < 1.29 is 4.52 Å². The molecule has 0 amide bonds. The Bertz CT molecular complexity index is 516. The summed E-state index contributed by atoms with van der Waals surface area (Å²) in [6, 6.07) is 0. The first-order valence-electron chi connectivity index (χ1n) is 4.74. The van der Waals surface area contributed by atoms with Crippen molar-refractivity contribution in [3.05, 3.63) is 22.2 Å². The molecule has 0 aliphatic carbocycles. The Morgan fingerprint density at radius 1 is 1.24 bits per heavy atom. The number of nitrogens with one attached hydrogen (secondary N) is 1. The van der Waals surface area contributed by atoms with Gasteiger partial charge in [-0.3, -0.25) is 0 Å². The highest BCUT2D eigenvalue weighted by Crippen LogP contribution is 2.16. The maximum absolute atomic E-state index is 5.78. The molecule has 0 unspecified atom stereocenters. The average Bonchev–Trinajstić information content (AvgIpc) is 2.69. The molecule has 90 valence electrons. The predicted octanol–water partition coefficient (Wildman–Crippen LogP) is 1.52. The lowest BCUT2D eigenvalue weighted by Gasteiger charge is -2.04. The first kappa shape index (κ1) is 12.0. The fraction of sp³-hybridized carbons (Fsp3) is 0.375. The van der Waals surface area contributed by atoms with Gasteiger partial charge in [0.05, 0.1) is 0 Å². The molecule has 0 bridgehead atoms. The van der Waals surface area contributed by atoms with Gasteiger partial charge in [0.25, 0.3) is 0 Å². The number of rotatable bonds is 4. The molecule has 0 aromatic carbocycles. The second-order valence-corrected chi connectivity index (χ2v) is 3.82. The number of nitrogens with zero attached hydrogens (tertiary/aromatic N) is 5. The molecule has 2 aromatic rings. The summed E-state index contributed by atoms with van der Waals surface area (Å²) in [5.41, 5.74) is 0. The third kappa shape index (κ3) is 3.24. The monoisotopic (exact) mass is 274 g/mol. The van der Waals surface area contributed by atoms with Crippen LogP contribution in [0.5, 0.6) is 0 Å². The van der Waals surface area contributed by atoms with Gasteiger partial charge in [-0.15, -0.1) is 10.2 Å². The molecule has 0 fully saturated rings. The van der Waals surface area contributed by atoms with Crippen molar-refractivity contribution in [1.82, 2.24) is 25.3 Å². The lowest BCUT2D eigenvalue weighted by molar-refractivity contribution is 0.387. The molecule has 7 nitrogen and oxygen atoms in total. The van der Waals surface area contributed by atoms with E-state index in [-0.39, 0.29) is 10.4 Å². The van der Waals surface area contributed by atoms with E-state index in [0.29, 0.717) is 30.5 Å². The summed E-state index contributed by atoms with van der Waals surface area (Å²) in [7, 11) is 0. The standard InChI is InChI=1S/C8H8Cl2N6O/c1-4-12-5(16-17-4)2-3-11-7-6(9)14-15-8(10)13-7/h2-3H2,1H3,(H,11,13,15).